The number of nitrogens with one attached hydrogen (secondary N) is 2. The summed E-state index contributed by atoms with van der Waals surface area (Å²) in [6, 6.07) is 9.13. The maximum Gasteiger partial charge on any atom is 0.292 e. The summed E-state index contributed by atoms with van der Waals surface area (Å²) in [5.41, 5.74) is 2.59. The van der Waals surface area contributed by atoms with Crippen LogP contribution in [0, 0.1) is 5.82 Å². The first kappa shape index (κ1) is 18.3. The molecule has 4 rings (SSSR count). The lowest BCUT2D eigenvalue weighted by Crippen LogP contribution is -2.28. The number of anilines is 1. The molecule has 7 nitrogen and oxygen atoms in total. The maximum absolute atomic E-state index is 13.0. The van der Waals surface area contributed by atoms with Crippen molar-refractivity contribution < 1.29 is 18.4 Å². The van der Waals surface area contributed by atoms with Crippen molar-refractivity contribution in [1.29, 1.82) is 0 Å². The second-order valence-corrected chi connectivity index (χ2v) is 7.24. The molecule has 0 radical (unpaired) electrons. The van der Waals surface area contributed by atoms with Gasteiger partial charge in [-0.15, -0.1) is 0 Å². The van der Waals surface area contributed by atoms with Crippen molar-refractivity contribution in [3.8, 4) is 0 Å². The normalized spacial score (nSPS) is 12.6. The van der Waals surface area contributed by atoms with Crippen molar-refractivity contribution in [1.82, 2.24) is 15.1 Å². The number of rotatable bonds is 6. The van der Waals surface area contributed by atoms with Gasteiger partial charge in [0.2, 0.25) is 5.91 Å². The van der Waals surface area contributed by atoms with Crippen LogP contribution in [0.25, 0.3) is 0 Å². The molecule has 0 saturated heterocycles. The van der Waals surface area contributed by atoms with Crippen LogP contribution in [0.4, 0.5) is 10.2 Å². The highest BCUT2D eigenvalue weighted by Crippen LogP contribution is 2.34. The van der Waals surface area contributed by atoms with Gasteiger partial charge in [0, 0.05) is 23.6 Å². The van der Waals surface area contributed by atoms with Crippen molar-refractivity contribution >= 4 is 29.4 Å². The number of amides is 2. The smallest absolute Gasteiger partial charge is 0.292 e. The van der Waals surface area contributed by atoms with Gasteiger partial charge >= 0.3 is 0 Å². The molecule has 2 aromatic heterocycles. The largest absolute Gasteiger partial charge is 0.459 e. The molecular formula is C19H17FN4O3S. The molecule has 0 saturated carbocycles. The summed E-state index contributed by atoms with van der Waals surface area (Å²) in [6.45, 7) is 0.247. The van der Waals surface area contributed by atoms with Gasteiger partial charge in [-0.1, -0.05) is 12.1 Å². The highest BCUT2D eigenvalue weighted by Gasteiger charge is 2.25. The highest BCUT2D eigenvalue weighted by atomic mass is 32.2. The molecular weight excluding hydrogens is 383 g/mol. The number of carbonyl (C=O) groups excluding carboxylic acids is 2. The molecule has 0 bridgehead atoms. The SMILES string of the molecule is O=C(Cn1nc2c(c1NC(=O)c1ccco1)CSC2)NCc1ccc(F)cc1. The molecule has 1 aliphatic heterocycles. The van der Waals surface area contributed by atoms with E-state index in [1.807, 2.05) is 0 Å². The molecule has 28 heavy (non-hydrogen) atoms. The number of nitrogens with zero attached hydrogens (tertiary/aromatic N) is 2. The molecule has 0 unspecified atom stereocenters. The predicted octanol–water partition coefficient (Wildman–Crippen LogP) is 2.93. The number of benzene rings is 1. The minimum Gasteiger partial charge on any atom is -0.459 e. The van der Waals surface area contributed by atoms with Crippen LogP contribution >= 0.6 is 11.8 Å². The van der Waals surface area contributed by atoms with Crippen LogP contribution in [-0.2, 0) is 29.4 Å². The van der Waals surface area contributed by atoms with Crippen LogP contribution < -0.4 is 10.6 Å². The molecule has 144 valence electrons. The van der Waals surface area contributed by atoms with E-state index in [2.05, 4.69) is 15.7 Å². The summed E-state index contributed by atoms with van der Waals surface area (Å²) in [5, 5.41) is 10.1. The summed E-state index contributed by atoms with van der Waals surface area (Å²) in [7, 11) is 0. The van der Waals surface area contributed by atoms with Crippen molar-refractivity contribution in [3.63, 3.8) is 0 Å². The summed E-state index contributed by atoms with van der Waals surface area (Å²) in [4.78, 5) is 24.7. The molecule has 1 aromatic carbocycles. The van der Waals surface area contributed by atoms with E-state index in [1.165, 1.54) is 23.1 Å². The van der Waals surface area contributed by atoms with E-state index in [4.69, 9.17) is 4.42 Å². The molecule has 1 aliphatic rings. The number of hydrogen-bond donors (Lipinski definition) is 2. The summed E-state index contributed by atoms with van der Waals surface area (Å²) >= 11 is 1.70. The van der Waals surface area contributed by atoms with Gasteiger partial charge in [-0.05, 0) is 29.8 Å². The summed E-state index contributed by atoms with van der Waals surface area (Å²) in [5.74, 6) is 1.19. The molecule has 3 heterocycles. The fourth-order valence-electron chi connectivity index (χ4n) is 2.89. The third-order valence-electron chi connectivity index (χ3n) is 4.29. The average Bonchev–Trinajstić information content (AvgIpc) is 3.41. The van der Waals surface area contributed by atoms with E-state index in [9.17, 15) is 14.0 Å². The predicted molar refractivity (Wildman–Crippen MR) is 102 cm³/mol. The molecule has 9 heteroatoms. The van der Waals surface area contributed by atoms with E-state index in [1.54, 1.807) is 36.0 Å². The number of carbonyl (C=O) groups is 2. The van der Waals surface area contributed by atoms with E-state index >= 15 is 0 Å². The van der Waals surface area contributed by atoms with Gasteiger partial charge in [0.15, 0.2) is 5.76 Å². The maximum atomic E-state index is 13.0. The first-order valence-corrected chi connectivity index (χ1v) is 9.78. The van der Waals surface area contributed by atoms with Crippen LogP contribution in [0.3, 0.4) is 0 Å². The Morgan fingerprint density at radius 3 is 2.79 bits per heavy atom. The summed E-state index contributed by atoms with van der Waals surface area (Å²) in [6.07, 6.45) is 1.43. The van der Waals surface area contributed by atoms with Crippen LogP contribution in [0.2, 0.25) is 0 Å². The second kappa shape index (κ2) is 7.89. The van der Waals surface area contributed by atoms with Crippen molar-refractivity contribution in [2.45, 2.75) is 24.6 Å². The Labute approximate surface area is 164 Å². The molecule has 3 aromatic rings. The Bertz CT molecular complexity index is 999. The van der Waals surface area contributed by atoms with E-state index in [-0.39, 0.29) is 30.6 Å². The average molecular weight is 400 g/mol. The summed E-state index contributed by atoms with van der Waals surface area (Å²) < 4.78 is 19.6. The monoisotopic (exact) mass is 400 g/mol. The zero-order valence-electron chi connectivity index (χ0n) is 14.8. The molecule has 0 spiro atoms. The topological polar surface area (TPSA) is 89.2 Å². The number of aromatic nitrogens is 2. The van der Waals surface area contributed by atoms with Crippen LogP contribution in [0.15, 0.2) is 47.1 Å². The Morgan fingerprint density at radius 2 is 2.04 bits per heavy atom. The van der Waals surface area contributed by atoms with Gasteiger partial charge in [0.1, 0.15) is 18.2 Å². The number of furan rings is 1. The lowest BCUT2D eigenvalue weighted by Gasteiger charge is -2.11. The first-order valence-electron chi connectivity index (χ1n) is 8.62. The zero-order chi connectivity index (χ0) is 19.5. The molecule has 0 aliphatic carbocycles. The zero-order valence-corrected chi connectivity index (χ0v) is 15.6. The first-order chi connectivity index (χ1) is 13.6. The standard InChI is InChI=1S/C19H17FN4O3S/c20-13-5-3-12(4-6-13)8-21-17(25)9-24-18(14-10-28-11-15(14)23-24)22-19(26)16-2-1-7-27-16/h1-7H,8-11H2,(H,21,25)(H,22,26). The van der Waals surface area contributed by atoms with Crippen LogP contribution in [0.1, 0.15) is 27.4 Å². The Kier molecular flexibility index (Phi) is 5.16. The number of fused-ring (bicyclic) bond motifs is 1. The third-order valence-corrected chi connectivity index (χ3v) is 5.26. The minimum absolute atomic E-state index is 0.0351. The quantitative estimate of drug-likeness (QED) is 0.664. The minimum atomic E-state index is -0.391. The fraction of sp³-hybridized carbons (Fsp3) is 0.211. The van der Waals surface area contributed by atoms with Crippen molar-refractivity contribution in [2.24, 2.45) is 0 Å². The van der Waals surface area contributed by atoms with E-state index < -0.39 is 5.91 Å². The van der Waals surface area contributed by atoms with Gasteiger partial charge < -0.3 is 15.1 Å². The number of halogens is 1. The van der Waals surface area contributed by atoms with Gasteiger partial charge in [-0.2, -0.15) is 16.9 Å². The van der Waals surface area contributed by atoms with Gasteiger partial charge in [0.25, 0.3) is 5.91 Å². The molecule has 0 fully saturated rings. The second-order valence-electron chi connectivity index (χ2n) is 6.26. The number of hydrogen-bond acceptors (Lipinski definition) is 5. The molecule has 0 atom stereocenters. The lowest BCUT2D eigenvalue weighted by atomic mass is 10.2. The fourth-order valence-corrected chi connectivity index (χ4v) is 3.93. The van der Waals surface area contributed by atoms with E-state index in [0.29, 0.717) is 5.82 Å². The van der Waals surface area contributed by atoms with Gasteiger partial charge in [-0.25, -0.2) is 9.07 Å². The van der Waals surface area contributed by atoms with Gasteiger partial charge in [0.05, 0.1) is 12.0 Å². The lowest BCUT2D eigenvalue weighted by molar-refractivity contribution is -0.122. The Balaban J connectivity index is 1.45. The van der Waals surface area contributed by atoms with Gasteiger partial charge in [-0.3, -0.25) is 9.59 Å². The van der Waals surface area contributed by atoms with Crippen LogP contribution in [-0.4, -0.2) is 21.6 Å². The third kappa shape index (κ3) is 3.94. The Morgan fingerprint density at radius 1 is 1.21 bits per heavy atom. The molecule has 2 N–H and O–H groups in total. The van der Waals surface area contributed by atoms with Crippen molar-refractivity contribution in [3.05, 3.63) is 71.1 Å². The Hall–Kier alpha value is -3.07. The van der Waals surface area contributed by atoms with Crippen molar-refractivity contribution in [2.75, 3.05) is 5.32 Å². The van der Waals surface area contributed by atoms with E-state index in [0.717, 1.165) is 28.3 Å². The molecule has 2 amide bonds. The highest BCUT2D eigenvalue weighted by molar-refractivity contribution is 7.98. The van der Waals surface area contributed by atoms with Crippen LogP contribution in [0.5, 0.6) is 0 Å². The number of thioether (sulfide) groups is 1.